The van der Waals surface area contributed by atoms with Gasteiger partial charge in [-0.2, -0.15) is 0 Å². The van der Waals surface area contributed by atoms with Crippen molar-refractivity contribution >= 4 is 29.1 Å². The summed E-state index contributed by atoms with van der Waals surface area (Å²) in [5.74, 6) is 0.139. The van der Waals surface area contributed by atoms with Gasteiger partial charge in [0.2, 0.25) is 5.91 Å². The normalized spacial score (nSPS) is 15.0. The second kappa shape index (κ2) is 6.51. The highest BCUT2D eigenvalue weighted by molar-refractivity contribution is 6.05. The lowest BCUT2D eigenvalue weighted by molar-refractivity contribution is -0.121. The summed E-state index contributed by atoms with van der Waals surface area (Å²) < 4.78 is 5.41. The lowest BCUT2D eigenvalue weighted by Crippen LogP contribution is -2.43. The van der Waals surface area contributed by atoms with Gasteiger partial charge in [-0.1, -0.05) is 18.2 Å². The Morgan fingerprint density at radius 3 is 2.88 bits per heavy atom. The van der Waals surface area contributed by atoms with Crippen molar-refractivity contribution in [3.05, 3.63) is 53.6 Å². The zero-order valence-corrected chi connectivity index (χ0v) is 14.0. The minimum atomic E-state index is -0.257. The number of nitrogens with zero attached hydrogens (tertiary/aromatic N) is 1. The molecule has 0 aliphatic carbocycles. The molecule has 0 aromatic heterocycles. The largest absolute Gasteiger partial charge is 0.482 e. The van der Waals surface area contributed by atoms with Gasteiger partial charge in [0.15, 0.2) is 6.61 Å². The number of carbonyl (C=O) groups is 3. The van der Waals surface area contributed by atoms with Gasteiger partial charge < -0.3 is 20.3 Å². The van der Waals surface area contributed by atoms with E-state index in [1.807, 2.05) is 24.3 Å². The van der Waals surface area contributed by atoms with Crippen molar-refractivity contribution < 1.29 is 19.1 Å². The van der Waals surface area contributed by atoms with Crippen LogP contribution in [0.5, 0.6) is 5.75 Å². The molecule has 0 saturated heterocycles. The molecule has 2 aliphatic rings. The Morgan fingerprint density at radius 1 is 1.15 bits per heavy atom. The Morgan fingerprint density at radius 2 is 2.00 bits per heavy atom. The van der Waals surface area contributed by atoms with Gasteiger partial charge in [-0.05, 0) is 29.8 Å². The van der Waals surface area contributed by atoms with E-state index >= 15 is 0 Å². The minimum Gasteiger partial charge on any atom is -0.482 e. The van der Waals surface area contributed by atoms with Gasteiger partial charge in [-0.3, -0.25) is 14.4 Å². The predicted octanol–water partition coefficient (Wildman–Crippen LogP) is 1.34. The van der Waals surface area contributed by atoms with E-state index in [4.69, 9.17) is 4.74 Å². The molecule has 0 radical (unpaired) electrons. The third kappa shape index (κ3) is 2.88. The summed E-state index contributed by atoms with van der Waals surface area (Å²) >= 11 is 0. The van der Waals surface area contributed by atoms with E-state index in [0.29, 0.717) is 41.3 Å². The molecule has 4 rings (SSSR count). The molecule has 0 unspecified atom stereocenters. The Bertz CT molecular complexity index is 909. The molecule has 0 fully saturated rings. The highest BCUT2D eigenvalue weighted by atomic mass is 16.5. The number of rotatable bonds is 4. The molecule has 2 aromatic rings. The first-order chi connectivity index (χ1) is 12.6. The maximum Gasteiger partial charge on any atom is 0.265 e. The van der Waals surface area contributed by atoms with Crippen molar-refractivity contribution in [3.63, 3.8) is 0 Å². The fraction of sp³-hybridized carbons (Fsp3) is 0.211. The monoisotopic (exact) mass is 351 g/mol. The molecule has 0 atom stereocenters. The molecule has 26 heavy (non-hydrogen) atoms. The number of nitrogens with one attached hydrogen (secondary N) is 2. The summed E-state index contributed by atoms with van der Waals surface area (Å²) in [4.78, 5) is 37.8. The van der Waals surface area contributed by atoms with Crippen LogP contribution in [0.15, 0.2) is 42.5 Å². The van der Waals surface area contributed by atoms with E-state index in [2.05, 4.69) is 10.6 Å². The molecule has 132 valence electrons. The minimum absolute atomic E-state index is 0.00899. The van der Waals surface area contributed by atoms with Gasteiger partial charge in [0, 0.05) is 24.3 Å². The van der Waals surface area contributed by atoms with Gasteiger partial charge in [0.1, 0.15) is 5.75 Å². The first-order valence-corrected chi connectivity index (χ1v) is 8.35. The first kappa shape index (κ1) is 16.1. The van der Waals surface area contributed by atoms with Crippen LogP contribution in [0.1, 0.15) is 15.9 Å². The second-order valence-corrected chi connectivity index (χ2v) is 6.11. The number of amides is 3. The van der Waals surface area contributed by atoms with Gasteiger partial charge in [0.05, 0.1) is 12.1 Å². The van der Waals surface area contributed by atoms with Crippen LogP contribution in [0.2, 0.25) is 0 Å². The zero-order chi connectivity index (χ0) is 18.1. The van der Waals surface area contributed by atoms with Crippen molar-refractivity contribution in [3.8, 4) is 5.75 Å². The van der Waals surface area contributed by atoms with Gasteiger partial charge in [0.25, 0.3) is 11.8 Å². The lowest BCUT2D eigenvalue weighted by Gasteiger charge is -2.29. The predicted molar refractivity (Wildman–Crippen MR) is 95.4 cm³/mol. The summed E-state index contributed by atoms with van der Waals surface area (Å²) in [5, 5.41) is 5.56. The first-order valence-electron chi connectivity index (χ1n) is 8.35. The van der Waals surface area contributed by atoms with E-state index in [0.717, 1.165) is 0 Å². The summed E-state index contributed by atoms with van der Waals surface area (Å²) in [6.45, 7) is 0.631. The van der Waals surface area contributed by atoms with E-state index in [1.54, 1.807) is 23.1 Å². The van der Waals surface area contributed by atoms with Crippen molar-refractivity contribution in [2.24, 2.45) is 0 Å². The highest BCUT2D eigenvalue weighted by Gasteiger charge is 2.26. The Hall–Kier alpha value is -3.35. The highest BCUT2D eigenvalue weighted by Crippen LogP contribution is 2.31. The van der Waals surface area contributed by atoms with Crippen LogP contribution >= 0.6 is 0 Å². The third-order valence-electron chi connectivity index (χ3n) is 4.46. The SMILES string of the molecule is O=C1Cc2c(cccc2C(=O)NCCN2C(=O)COc3ccccc32)N1. The van der Waals surface area contributed by atoms with Gasteiger partial charge >= 0.3 is 0 Å². The van der Waals surface area contributed by atoms with E-state index in [1.165, 1.54) is 0 Å². The molecule has 7 nitrogen and oxygen atoms in total. The quantitative estimate of drug-likeness (QED) is 0.870. The number of hydrogen-bond donors (Lipinski definition) is 2. The average Bonchev–Trinajstić information content (AvgIpc) is 3.03. The topological polar surface area (TPSA) is 87.7 Å². The van der Waals surface area contributed by atoms with Crippen LogP contribution in [-0.4, -0.2) is 37.4 Å². The summed E-state index contributed by atoms with van der Waals surface area (Å²) in [6.07, 6.45) is 0.203. The molecule has 3 amide bonds. The number of para-hydroxylation sites is 2. The number of fused-ring (bicyclic) bond motifs is 2. The average molecular weight is 351 g/mol. The number of carbonyl (C=O) groups excluding carboxylic acids is 3. The Balaban J connectivity index is 1.43. The van der Waals surface area contributed by atoms with Gasteiger partial charge in [-0.25, -0.2) is 0 Å². The maximum atomic E-state index is 12.5. The van der Waals surface area contributed by atoms with E-state index < -0.39 is 0 Å². The van der Waals surface area contributed by atoms with Crippen molar-refractivity contribution in [2.45, 2.75) is 6.42 Å². The third-order valence-corrected chi connectivity index (χ3v) is 4.46. The molecule has 0 spiro atoms. The maximum absolute atomic E-state index is 12.5. The van der Waals surface area contributed by atoms with Crippen LogP contribution in [-0.2, 0) is 16.0 Å². The molecule has 0 bridgehead atoms. The Kier molecular flexibility index (Phi) is 4.04. The van der Waals surface area contributed by atoms with Crippen molar-refractivity contribution in [2.75, 3.05) is 29.9 Å². The number of hydrogen-bond acceptors (Lipinski definition) is 4. The summed E-state index contributed by atoms with van der Waals surface area (Å²) in [7, 11) is 0. The molecule has 2 aromatic carbocycles. The molecular weight excluding hydrogens is 334 g/mol. The van der Waals surface area contributed by atoms with E-state index in [-0.39, 0.29) is 30.7 Å². The summed E-state index contributed by atoms with van der Waals surface area (Å²) in [6, 6.07) is 12.5. The number of benzene rings is 2. The smallest absolute Gasteiger partial charge is 0.265 e. The molecule has 2 heterocycles. The number of ether oxygens (including phenoxy) is 1. The standard InChI is InChI=1S/C19H17N3O4/c23-17-10-13-12(4-3-5-14(13)21-17)19(25)20-8-9-22-15-6-1-2-7-16(15)26-11-18(22)24/h1-7H,8-11H2,(H,20,25)(H,21,23). The van der Waals surface area contributed by atoms with Crippen molar-refractivity contribution in [1.82, 2.24) is 5.32 Å². The number of anilines is 2. The summed E-state index contributed by atoms with van der Waals surface area (Å²) in [5.41, 5.74) is 2.57. The van der Waals surface area contributed by atoms with Gasteiger partial charge in [-0.15, -0.1) is 0 Å². The molecular formula is C19H17N3O4. The zero-order valence-electron chi connectivity index (χ0n) is 14.0. The molecule has 2 aliphatic heterocycles. The fourth-order valence-electron chi connectivity index (χ4n) is 3.24. The van der Waals surface area contributed by atoms with Crippen LogP contribution in [0, 0.1) is 0 Å². The lowest BCUT2D eigenvalue weighted by atomic mass is 10.0. The van der Waals surface area contributed by atoms with E-state index in [9.17, 15) is 14.4 Å². The fourth-order valence-corrected chi connectivity index (χ4v) is 3.24. The second-order valence-electron chi connectivity index (χ2n) is 6.11. The van der Waals surface area contributed by atoms with Crippen LogP contribution in [0.4, 0.5) is 11.4 Å². The van der Waals surface area contributed by atoms with Crippen molar-refractivity contribution in [1.29, 1.82) is 0 Å². The Labute approximate surface area is 149 Å². The van der Waals surface area contributed by atoms with Crippen LogP contribution in [0.3, 0.4) is 0 Å². The van der Waals surface area contributed by atoms with Crippen LogP contribution < -0.4 is 20.3 Å². The molecule has 0 saturated carbocycles. The molecule has 2 N–H and O–H groups in total. The van der Waals surface area contributed by atoms with Crippen LogP contribution in [0.25, 0.3) is 0 Å². The molecule has 7 heteroatoms.